The molecule has 2 aromatic carbocycles. The largest absolute Gasteiger partial charge is 0.489 e. The van der Waals surface area contributed by atoms with Gasteiger partial charge in [-0.15, -0.1) is 0 Å². The third-order valence-corrected chi connectivity index (χ3v) is 4.44. The second-order valence-electron chi connectivity index (χ2n) is 4.84. The highest BCUT2D eigenvalue weighted by Crippen LogP contribution is 2.16. The van der Waals surface area contributed by atoms with Gasteiger partial charge in [-0.1, -0.05) is 18.2 Å². The summed E-state index contributed by atoms with van der Waals surface area (Å²) in [4.78, 5) is 9.96. The lowest BCUT2D eigenvalue weighted by Crippen LogP contribution is -2.33. The molecule has 2 aromatic rings. The van der Waals surface area contributed by atoms with Crippen LogP contribution in [-0.4, -0.2) is 26.0 Å². The lowest BCUT2D eigenvalue weighted by Gasteiger charge is -2.15. The van der Waals surface area contributed by atoms with Gasteiger partial charge in [0, 0.05) is 18.7 Å². The van der Waals surface area contributed by atoms with E-state index in [2.05, 4.69) is 4.72 Å². The summed E-state index contributed by atoms with van der Waals surface area (Å²) >= 11 is 0. The fraction of sp³-hybridized carbons (Fsp3) is 0.200. The van der Waals surface area contributed by atoms with Crippen molar-refractivity contribution >= 4 is 15.7 Å². The molecule has 1 atom stereocenters. The third kappa shape index (κ3) is 4.76. The number of non-ortho nitro benzene ring substituents is 1. The number of para-hydroxylation sites is 1. The SMILES string of the molecule is CC(CNS(=O)(=O)c1ccc([N+](=O)[O-])cc1)Oc1ccccc1. The first-order valence-electron chi connectivity index (χ1n) is 6.84. The Morgan fingerprint density at radius 3 is 2.30 bits per heavy atom. The average Bonchev–Trinajstić information content (AvgIpc) is 2.54. The first-order chi connectivity index (χ1) is 10.9. The van der Waals surface area contributed by atoms with E-state index in [0.717, 1.165) is 12.1 Å². The molecule has 0 amide bonds. The molecule has 0 heterocycles. The molecule has 0 aliphatic carbocycles. The van der Waals surface area contributed by atoms with E-state index in [9.17, 15) is 18.5 Å². The van der Waals surface area contributed by atoms with Gasteiger partial charge in [-0.3, -0.25) is 10.1 Å². The van der Waals surface area contributed by atoms with E-state index in [4.69, 9.17) is 4.74 Å². The molecule has 0 saturated heterocycles. The Labute approximate surface area is 134 Å². The van der Waals surface area contributed by atoms with Crippen LogP contribution in [0.2, 0.25) is 0 Å². The zero-order valence-corrected chi connectivity index (χ0v) is 13.2. The highest BCUT2D eigenvalue weighted by atomic mass is 32.2. The maximum Gasteiger partial charge on any atom is 0.269 e. The monoisotopic (exact) mass is 336 g/mol. The van der Waals surface area contributed by atoms with Gasteiger partial charge in [0.05, 0.1) is 9.82 Å². The number of hydrogen-bond acceptors (Lipinski definition) is 5. The molecule has 2 rings (SSSR count). The predicted molar refractivity (Wildman–Crippen MR) is 84.8 cm³/mol. The Morgan fingerprint density at radius 2 is 1.74 bits per heavy atom. The van der Waals surface area contributed by atoms with Crippen molar-refractivity contribution in [2.75, 3.05) is 6.54 Å². The summed E-state index contributed by atoms with van der Waals surface area (Å²) in [5.74, 6) is 0.648. The van der Waals surface area contributed by atoms with Crippen molar-refractivity contribution in [2.24, 2.45) is 0 Å². The average molecular weight is 336 g/mol. The molecule has 23 heavy (non-hydrogen) atoms. The standard InChI is InChI=1S/C15H16N2O5S/c1-12(22-14-5-3-2-4-6-14)11-16-23(20,21)15-9-7-13(8-10-15)17(18)19/h2-10,12,16H,11H2,1H3. The molecule has 0 aliphatic rings. The molecule has 1 N–H and O–H groups in total. The van der Waals surface area contributed by atoms with Crippen LogP contribution in [0.5, 0.6) is 5.75 Å². The van der Waals surface area contributed by atoms with E-state index >= 15 is 0 Å². The molecular weight excluding hydrogens is 320 g/mol. The molecule has 7 nitrogen and oxygen atoms in total. The Morgan fingerprint density at radius 1 is 1.13 bits per heavy atom. The first-order valence-corrected chi connectivity index (χ1v) is 8.32. The van der Waals surface area contributed by atoms with Gasteiger partial charge in [0.25, 0.3) is 5.69 Å². The van der Waals surface area contributed by atoms with Gasteiger partial charge in [0.2, 0.25) is 10.0 Å². The summed E-state index contributed by atoms with van der Waals surface area (Å²) in [5.41, 5.74) is -0.162. The molecule has 0 aromatic heterocycles. The summed E-state index contributed by atoms with van der Waals surface area (Å²) in [6, 6.07) is 13.8. The van der Waals surface area contributed by atoms with E-state index in [-0.39, 0.29) is 23.2 Å². The molecule has 0 bridgehead atoms. The topological polar surface area (TPSA) is 98.5 Å². The number of hydrogen-bond donors (Lipinski definition) is 1. The lowest BCUT2D eigenvalue weighted by molar-refractivity contribution is -0.384. The van der Waals surface area contributed by atoms with Gasteiger partial charge in [-0.05, 0) is 31.2 Å². The third-order valence-electron chi connectivity index (χ3n) is 3.00. The zero-order valence-electron chi connectivity index (χ0n) is 12.4. The number of nitro benzene ring substituents is 1. The predicted octanol–water partition coefficient (Wildman–Crippen LogP) is 2.34. The number of ether oxygens (including phenoxy) is 1. The number of nitrogens with one attached hydrogen (secondary N) is 1. The van der Waals surface area contributed by atoms with Crippen LogP contribution in [0.4, 0.5) is 5.69 Å². The van der Waals surface area contributed by atoms with Crippen molar-refractivity contribution in [3.63, 3.8) is 0 Å². The number of nitro groups is 1. The normalized spacial score (nSPS) is 12.6. The van der Waals surface area contributed by atoms with Gasteiger partial charge >= 0.3 is 0 Å². The Kier molecular flexibility index (Phi) is 5.30. The molecule has 0 spiro atoms. The first kappa shape index (κ1) is 16.9. The van der Waals surface area contributed by atoms with E-state index in [0.29, 0.717) is 5.75 Å². The molecule has 0 saturated carbocycles. The minimum Gasteiger partial charge on any atom is -0.489 e. The fourth-order valence-corrected chi connectivity index (χ4v) is 2.95. The zero-order chi connectivity index (χ0) is 16.9. The van der Waals surface area contributed by atoms with Crippen molar-refractivity contribution < 1.29 is 18.1 Å². The van der Waals surface area contributed by atoms with Gasteiger partial charge in [0.15, 0.2) is 0 Å². The number of benzene rings is 2. The van der Waals surface area contributed by atoms with Crippen LogP contribution in [0.1, 0.15) is 6.92 Å². The fourth-order valence-electron chi connectivity index (χ4n) is 1.83. The lowest BCUT2D eigenvalue weighted by atomic mass is 10.3. The van der Waals surface area contributed by atoms with Crippen molar-refractivity contribution in [1.29, 1.82) is 0 Å². The van der Waals surface area contributed by atoms with Crippen molar-refractivity contribution in [3.05, 3.63) is 64.7 Å². The number of nitrogens with zero attached hydrogens (tertiary/aromatic N) is 1. The molecular formula is C15H16N2O5S. The summed E-state index contributed by atoms with van der Waals surface area (Å²) in [7, 11) is -3.74. The van der Waals surface area contributed by atoms with Gasteiger partial charge in [-0.25, -0.2) is 13.1 Å². The minimum atomic E-state index is -3.74. The Balaban J connectivity index is 1.96. The minimum absolute atomic E-state index is 0.0324. The van der Waals surface area contributed by atoms with Crippen LogP contribution >= 0.6 is 0 Å². The van der Waals surface area contributed by atoms with E-state index in [1.54, 1.807) is 19.1 Å². The van der Waals surface area contributed by atoms with Crippen LogP contribution in [0.15, 0.2) is 59.5 Å². The van der Waals surface area contributed by atoms with Gasteiger partial charge in [-0.2, -0.15) is 0 Å². The van der Waals surface area contributed by atoms with Crippen LogP contribution < -0.4 is 9.46 Å². The van der Waals surface area contributed by atoms with Gasteiger partial charge < -0.3 is 4.74 Å². The number of sulfonamides is 1. The highest BCUT2D eigenvalue weighted by molar-refractivity contribution is 7.89. The van der Waals surface area contributed by atoms with Crippen molar-refractivity contribution in [2.45, 2.75) is 17.9 Å². The summed E-state index contributed by atoms with van der Waals surface area (Å²) in [5, 5.41) is 10.6. The van der Waals surface area contributed by atoms with E-state index < -0.39 is 14.9 Å². The maximum absolute atomic E-state index is 12.1. The molecule has 0 radical (unpaired) electrons. The van der Waals surface area contributed by atoms with E-state index in [1.807, 2.05) is 18.2 Å². The molecule has 0 fully saturated rings. The Bertz CT molecular complexity index is 760. The van der Waals surface area contributed by atoms with Crippen LogP contribution in [0, 0.1) is 10.1 Å². The quantitative estimate of drug-likeness (QED) is 0.618. The Hall–Kier alpha value is -2.45. The second kappa shape index (κ2) is 7.21. The number of rotatable bonds is 7. The summed E-state index contributed by atoms with van der Waals surface area (Å²) < 4.78 is 32.3. The van der Waals surface area contributed by atoms with Gasteiger partial charge in [0.1, 0.15) is 11.9 Å². The second-order valence-corrected chi connectivity index (χ2v) is 6.61. The highest BCUT2D eigenvalue weighted by Gasteiger charge is 2.17. The van der Waals surface area contributed by atoms with Crippen molar-refractivity contribution in [3.8, 4) is 5.75 Å². The van der Waals surface area contributed by atoms with Crippen molar-refractivity contribution in [1.82, 2.24) is 4.72 Å². The summed E-state index contributed by atoms with van der Waals surface area (Å²) in [6.07, 6.45) is -0.370. The molecule has 122 valence electrons. The molecule has 0 aliphatic heterocycles. The summed E-state index contributed by atoms with van der Waals surface area (Å²) in [6.45, 7) is 1.82. The molecule has 1 unspecified atom stereocenters. The maximum atomic E-state index is 12.1. The van der Waals surface area contributed by atoms with Crippen LogP contribution in [0.25, 0.3) is 0 Å². The van der Waals surface area contributed by atoms with Crippen LogP contribution in [-0.2, 0) is 10.0 Å². The van der Waals surface area contributed by atoms with E-state index in [1.165, 1.54) is 12.1 Å². The molecule has 8 heteroatoms. The smallest absolute Gasteiger partial charge is 0.269 e. The van der Waals surface area contributed by atoms with Crippen LogP contribution in [0.3, 0.4) is 0 Å².